The molecule has 0 N–H and O–H groups in total. The summed E-state index contributed by atoms with van der Waals surface area (Å²) in [6.07, 6.45) is 0. The standard InChI is InChI=1S/C19H12O.2C2H6/c20-19(13-10-15-6-2-1-3-7-15)18-12-11-16-8-4-5-9-17(16)14-18;2*1-2/h1-9,11-12,14H;2*1-2H3. The minimum absolute atomic E-state index is 0.153. The van der Waals surface area contributed by atoms with Crippen molar-refractivity contribution in [3.05, 3.63) is 83.9 Å². The maximum atomic E-state index is 12.1. The fourth-order valence-electron chi connectivity index (χ4n) is 2.05. The molecule has 1 heteroatoms. The molecule has 0 heterocycles. The van der Waals surface area contributed by atoms with Crippen LogP contribution >= 0.6 is 0 Å². The van der Waals surface area contributed by atoms with Crippen LogP contribution in [0.5, 0.6) is 0 Å². The van der Waals surface area contributed by atoms with Gasteiger partial charge >= 0.3 is 0 Å². The monoisotopic (exact) mass is 316 g/mol. The Morgan fingerprint density at radius 2 is 1.29 bits per heavy atom. The molecule has 0 atom stereocenters. The second-order valence-electron chi connectivity index (χ2n) is 4.51. The quantitative estimate of drug-likeness (QED) is 0.390. The van der Waals surface area contributed by atoms with E-state index in [9.17, 15) is 4.79 Å². The summed E-state index contributed by atoms with van der Waals surface area (Å²) in [6.45, 7) is 8.00. The highest BCUT2D eigenvalue weighted by Gasteiger charge is 2.02. The summed E-state index contributed by atoms with van der Waals surface area (Å²) < 4.78 is 0. The van der Waals surface area contributed by atoms with Gasteiger partial charge in [-0.2, -0.15) is 0 Å². The number of hydrogen-bond donors (Lipinski definition) is 0. The molecule has 0 unspecified atom stereocenters. The predicted molar refractivity (Wildman–Crippen MR) is 104 cm³/mol. The second-order valence-corrected chi connectivity index (χ2v) is 4.51. The van der Waals surface area contributed by atoms with Crippen molar-refractivity contribution in [1.82, 2.24) is 0 Å². The van der Waals surface area contributed by atoms with Crippen LogP contribution in [0.2, 0.25) is 0 Å². The zero-order valence-electron chi connectivity index (χ0n) is 14.8. The molecular weight excluding hydrogens is 292 g/mol. The van der Waals surface area contributed by atoms with Crippen LogP contribution in [0.1, 0.15) is 43.6 Å². The molecule has 24 heavy (non-hydrogen) atoms. The molecule has 0 fully saturated rings. The maximum Gasteiger partial charge on any atom is 0.236 e. The van der Waals surface area contributed by atoms with Crippen molar-refractivity contribution in [2.24, 2.45) is 0 Å². The summed E-state index contributed by atoms with van der Waals surface area (Å²) in [5.74, 6) is 5.43. The van der Waals surface area contributed by atoms with Gasteiger partial charge in [0.05, 0.1) is 0 Å². The molecule has 122 valence electrons. The van der Waals surface area contributed by atoms with E-state index in [1.807, 2.05) is 100 Å². The van der Waals surface area contributed by atoms with Crippen LogP contribution in [-0.4, -0.2) is 5.78 Å². The van der Waals surface area contributed by atoms with Crippen molar-refractivity contribution in [3.63, 3.8) is 0 Å². The first-order valence-corrected chi connectivity index (χ1v) is 8.43. The lowest BCUT2D eigenvalue weighted by Crippen LogP contribution is -1.94. The van der Waals surface area contributed by atoms with E-state index in [0.717, 1.165) is 16.3 Å². The van der Waals surface area contributed by atoms with Gasteiger partial charge in [-0.05, 0) is 41.0 Å². The number of carbonyl (C=O) groups is 1. The molecule has 0 aromatic heterocycles. The molecule has 0 saturated heterocycles. The van der Waals surface area contributed by atoms with Gasteiger partial charge in [-0.15, -0.1) is 0 Å². The molecule has 1 nitrogen and oxygen atoms in total. The fourth-order valence-corrected chi connectivity index (χ4v) is 2.05. The molecule has 0 spiro atoms. The number of carbonyl (C=O) groups excluding carboxylic acids is 1. The van der Waals surface area contributed by atoms with Gasteiger partial charge in [-0.1, -0.05) is 82.1 Å². The largest absolute Gasteiger partial charge is 0.279 e. The number of fused-ring (bicyclic) bond motifs is 1. The Balaban J connectivity index is 0.000000671. The molecule has 3 rings (SSSR count). The number of ketones is 1. The van der Waals surface area contributed by atoms with Crippen LogP contribution in [0.3, 0.4) is 0 Å². The third-order valence-electron chi connectivity index (χ3n) is 3.11. The van der Waals surface area contributed by atoms with Crippen LogP contribution in [0.25, 0.3) is 10.8 Å². The van der Waals surface area contributed by atoms with E-state index >= 15 is 0 Å². The van der Waals surface area contributed by atoms with Crippen LogP contribution in [0.15, 0.2) is 72.8 Å². The van der Waals surface area contributed by atoms with E-state index < -0.39 is 0 Å². The average Bonchev–Trinajstić information content (AvgIpc) is 2.69. The van der Waals surface area contributed by atoms with Crippen molar-refractivity contribution in [2.45, 2.75) is 27.7 Å². The van der Waals surface area contributed by atoms with E-state index in [-0.39, 0.29) is 5.78 Å². The predicted octanol–water partition coefficient (Wildman–Crippen LogP) is 6.13. The zero-order valence-corrected chi connectivity index (χ0v) is 14.8. The summed E-state index contributed by atoms with van der Waals surface area (Å²) in [4.78, 5) is 12.1. The second kappa shape index (κ2) is 10.8. The van der Waals surface area contributed by atoms with E-state index in [4.69, 9.17) is 0 Å². The van der Waals surface area contributed by atoms with Crippen LogP contribution in [0, 0.1) is 11.8 Å². The molecule has 0 bridgehead atoms. The highest BCUT2D eigenvalue weighted by molar-refractivity contribution is 6.10. The first-order chi connectivity index (χ1) is 11.8. The van der Waals surface area contributed by atoms with Gasteiger partial charge in [-0.3, -0.25) is 4.79 Å². The fraction of sp³-hybridized carbons (Fsp3) is 0.174. The Bertz CT molecular complexity index is 821. The Morgan fingerprint density at radius 3 is 1.96 bits per heavy atom. The third kappa shape index (κ3) is 5.41. The Morgan fingerprint density at radius 1 is 0.708 bits per heavy atom. The van der Waals surface area contributed by atoms with Gasteiger partial charge < -0.3 is 0 Å². The minimum atomic E-state index is -0.153. The molecule has 3 aromatic carbocycles. The molecule has 0 saturated carbocycles. The van der Waals surface area contributed by atoms with Gasteiger partial charge in [0.2, 0.25) is 5.78 Å². The summed E-state index contributed by atoms with van der Waals surface area (Å²) in [6, 6.07) is 23.2. The van der Waals surface area contributed by atoms with Crippen molar-refractivity contribution in [3.8, 4) is 11.8 Å². The zero-order chi connectivity index (χ0) is 17.8. The van der Waals surface area contributed by atoms with Crippen molar-refractivity contribution < 1.29 is 4.79 Å². The van der Waals surface area contributed by atoms with Gasteiger partial charge in [-0.25, -0.2) is 0 Å². The number of Topliss-reactive ketones (excluding diaryl/α,β-unsaturated/α-hetero) is 1. The average molecular weight is 316 g/mol. The van der Waals surface area contributed by atoms with Crippen LogP contribution in [0.4, 0.5) is 0 Å². The van der Waals surface area contributed by atoms with Gasteiger partial charge in [0, 0.05) is 11.1 Å². The number of hydrogen-bond acceptors (Lipinski definition) is 1. The normalized spacial score (nSPS) is 8.67. The summed E-state index contributed by atoms with van der Waals surface area (Å²) in [5, 5.41) is 2.18. The summed E-state index contributed by atoms with van der Waals surface area (Å²) in [5.41, 5.74) is 1.48. The first-order valence-electron chi connectivity index (χ1n) is 8.43. The van der Waals surface area contributed by atoms with Gasteiger partial charge in [0.1, 0.15) is 0 Å². The summed E-state index contributed by atoms with van der Waals surface area (Å²) >= 11 is 0. The van der Waals surface area contributed by atoms with E-state index in [1.165, 1.54) is 0 Å². The molecule has 0 aliphatic heterocycles. The molecule has 0 aliphatic carbocycles. The topological polar surface area (TPSA) is 17.1 Å². The van der Waals surface area contributed by atoms with E-state index in [2.05, 4.69) is 11.8 Å². The SMILES string of the molecule is CC.CC.O=C(C#Cc1ccccc1)c1ccc2ccccc2c1. The van der Waals surface area contributed by atoms with Gasteiger partial charge in [0.15, 0.2) is 0 Å². The first kappa shape index (κ1) is 19.2. The van der Waals surface area contributed by atoms with Crippen molar-refractivity contribution in [2.75, 3.05) is 0 Å². The smallest absolute Gasteiger partial charge is 0.236 e. The van der Waals surface area contributed by atoms with Crippen LogP contribution in [-0.2, 0) is 0 Å². The van der Waals surface area contributed by atoms with E-state index in [0.29, 0.717) is 5.56 Å². The molecule has 0 aliphatic rings. The minimum Gasteiger partial charge on any atom is -0.279 e. The highest BCUT2D eigenvalue weighted by Crippen LogP contribution is 2.15. The number of benzene rings is 3. The molecular formula is C23H24O. The lowest BCUT2D eigenvalue weighted by atomic mass is 10.0. The third-order valence-corrected chi connectivity index (χ3v) is 3.11. The van der Waals surface area contributed by atoms with Crippen molar-refractivity contribution in [1.29, 1.82) is 0 Å². The Labute approximate surface area is 145 Å². The van der Waals surface area contributed by atoms with E-state index in [1.54, 1.807) is 0 Å². The van der Waals surface area contributed by atoms with Crippen LogP contribution < -0.4 is 0 Å². The molecule has 0 radical (unpaired) electrons. The molecule has 3 aromatic rings. The Kier molecular flexibility index (Phi) is 8.64. The van der Waals surface area contributed by atoms with Crippen molar-refractivity contribution >= 4 is 16.6 Å². The lowest BCUT2D eigenvalue weighted by Gasteiger charge is -1.99. The Hall–Kier alpha value is -2.85. The lowest BCUT2D eigenvalue weighted by molar-refractivity contribution is 0.105. The maximum absolute atomic E-state index is 12.1. The van der Waals surface area contributed by atoms with Gasteiger partial charge in [0.25, 0.3) is 0 Å². The highest BCUT2D eigenvalue weighted by atomic mass is 16.1. The number of rotatable bonds is 1. The summed E-state index contributed by atoms with van der Waals surface area (Å²) in [7, 11) is 0. The molecule has 0 amide bonds.